The first-order valence-electron chi connectivity index (χ1n) is 5.74. The fourth-order valence-corrected chi connectivity index (χ4v) is 2.59. The van der Waals surface area contributed by atoms with Crippen LogP contribution >= 0.6 is 22.3 Å². The Hall–Kier alpha value is -0.780. The van der Waals surface area contributed by atoms with E-state index in [-0.39, 0.29) is 26.8 Å². The molecule has 1 aromatic carbocycles. The van der Waals surface area contributed by atoms with Crippen LogP contribution in [-0.2, 0) is 9.05 Å². The van der Waals surface area contributed by atoms with E-state index in [1.165, 1.54) is 18.2 Å². The van der Waals surface area contributed by atoms with Crippen molar-refractivity contribution in [1.82, 2.24) is 5.32 Å². The second kappa shape index (κ2) is 4.96. The Bertz CT molecular complexity index is 624. The Kier molecular flexibility index (Phi) is 3.82. The maximum Gasteiger partial charge on any atom is 0.261 e. The van der Waals surface area contributed by atoms with Gasteiger partial charge in [0.05, 0.1) is 15.5 Å². The Morgan fingerprint density at radius 1 is 1.42 bits per heavy atom. The lowest BCUT2D eigenvalue weighted by molar-refractivity contribution is 0.0946. The maximum atomic E-state index is 12.0. The first-order valence-corrected chi connectivity index (χ1v) is 8.42. The highest BCUT2D eigenvalue weighted by atomic mass is 35.7. The molecule has 0 atom stereocenters. The maximum absolute atomic E-state index is 12.0. The molecule has 1 aliphatic rings. The van der Waals surface area contributed by atoms with Crippen molar-refractivity contribution in [2.45, 2.75) is 24.7 Å². The molecule has 1 fully saturated rings. The fourth-order valence-electron chi connectivity index (χ4n) is 1.61. The number of carbonyl (C=O) groups excluding carboxylic acids is 1. The van der Waals surface area contributed by atoms with Crippen molar-refractivity contribution in [3.8, 4) is 0 Å². The molecule has 2 rings (SSSR count). The SMILES string of the molecule is CC1(CNC(=O)c2cc(S(=O)(=O)Cl)ccc2Cl)CC1. The van der Waals surface area contributed by atoms with Gasteiger partial charge in [-0.2, -0.15) is 0 Å². The summed E-state index contributed by atoms with van der Waals surface area (Å²) >= 11 is 5.91. The first-order chi connectivity index (χ1) is 8.71. The zero-order chi connectivity index (χ0) is 14.3. The van der Waals surface area contributed by atoms with E-state index in [1.807, 2.05) is 0 Å². The Morgan fingerprint density at radius 3 is 2.58 bits per heavy atom. The van der Waals surface area contributed by atoms with E-state index in [1.54, 1.807) is 0 Å². The highest BCUT2D eigenvalue weighted by Gasteiger charge is 2.37. The van der Waals surface area contributed by atoms with E-state index in [0.29, 0.717) is 6.54 Å². The molecular weight excluding hydrogens is 309 g/mol. The van der Waals surface area contributed by atoms with Gasteiger partial charge in [-0.15, -0.1) is 0 Å². The Morgan fingerprint density at radius 2 is 2.05 bits per heavy atom. The second-order valence-corrected chi connectivity index (χ2v) is 8.05. The summed E-state index contributed by atoms with van der Waals surface area (Å²) in [5.74, 6) is -0.389. The predicted octanol–water partition coefficient (Wildman–Crippen LogP) is 2.80. The van der Waals surface area contributed by atoms with Gasteiger partial charge in [0.25, 0.3) is 15.0 Å². The zero-order valence-corrected chi connectivity index (χ0v) is 12.6. The van der Waals surface area contributed by atoms with Crippen LogP contribution in [0.2, 0.25) is 5.02 Å². The summed E-state index contributed by atoms with van der Waals surface area (Å²) in [6.07, 6.45) is 2.16. The quantitative estimate of drug-likeness (QED) is 0.867. The van der Waals surface area contributed by atoms with Gasteiger partial charge in [0.1, 0.15) is 0 Å². The summed E-state index contributed by atoms with van der Waals surface area (Å²) in [4.78, 5) is 11.8. The van der Waals surface area contributed by atoms with Crippen molar-refractivity contribution in [1.29, 1.82) is 0 Å². The molecule has 1 amide bonds. The highest BCUT2D eigenvalue weighted by molar-refractivity contribution is 8.13. The van der Waals surface area contributed by atoms with Crippen LogP contribution in [-0.4, -0.2) is 20.9 Å². The molecule has 1 saturated carbocycles. The molecule has 0 saturated heterocycles. The van der Waals surface area contributed by atoms with Crippen LogP contribution in [0.1, 0.15) is 30.1 Å². The number of carbonyl (C=O) groups is 1. The van der Waals surface area contributed by atoms with E-state index in [4.69, 9.17) is 22.3 Å². The number of amides is 1. The molecular formula is C12H13Cl2NO3S. The minimum atomic E-state index is -3.87. The van der Waals surface area contributed by atoms with Crippen LogP contribution in [0.5, 0.6) is 0 Å². The Balaban J connectivity index is 2.20. The number of hydrogen-bond acceptors (Lipinski definition) is 3. The number of rotatable bonds is 4. The molecule has 0 radical (unpaired) electrons. The van der Waals surface area contributed by atoms with Crippen molar-refractivity contribution in [2.24, 2.45) is 5.41 Å². The standard InChI is InChI=1S/C12H13Cl2NO3S/c1-12(4-5-12)7-15-11(16)9-6-8(19(14,17)18)2-3-10(9)13/h2-3,6H,4-5,7H2,1H3,(H,15,16). The van der Waals surface area contributed by atoms with Crippen LogP contribution in [0.3, 0.4) is 0 Å². The van der Waals surface area contributed by atoms with Crippen LogP contribution in [0, 0.1) is 5.41 Å². The topological polar surface area (TPSA) is 63.2 Å². The molecule has 7 heteroatoms. The monoisotopic (exact) mass is 321 g/mol. The summed E-state index contributed by atoms with van der Waals surface area (Å²) in [5, 5.41) is 2.96. The summed E-state index contributed by atoms with van der Waals surface area (Å²) in [7, 11) is 1.37. The first kappa shape index (κ1) is 14.6. The molecule has 0 spiro atoms. The van der Waals surface area contributed by atoms with Gasteiger partial charge in [-0.1, -0.05) is 18.5 Å². The predicted molar refractivity (Wildman–Crippen MR) is 74.2 cm³/mol. The smallest absolute Gasteiger partial charge is 0.261 e. The Labute approximate surface area is 121 Å². The molecule has 1 aliphatic carbocycles. The van der Waals surface area contributed by atoms with Gasteiger partial charge in [0.2, 0.25) is 0 Å². The molecule has 0 aliphatic heterocycles. The highest BCUT2D eigenvalue weighted by Crippen LogP contribution is 2.44. The molecule has 0 aromatic heterocycles. The van der Waals surface area contributed by atoms with E-state index >= 15 is 0 Å². The third-order valence-corrected chi connectivity index (χ3v) is 4.92. The van der Waals surface area contributed by atoms with Gasteiger partial charge in [0, 0.05) is 17.2 Å². The van der Waals surface area contributed by atoms with Crippen LogP contribution in [0.25, 0.3) is 0 Å². The number of hydrogen-bond donors (Lipinski definition) is 1. The van der Waals surface area contributed by atoms with Crippen molar-refractivity contribution in [3.05, 3.63) is 28.8 Å². The van der Waals surface area contributed by atoms with Gasteiger partial charge in [-0.05, 0) is 36.5 Å². The molecule has 104 valence electrons. The molecule has 19 heavy (non-hydrogen) atoms. The average Bonchev–Trinajstić information content (AvgIpc) is 3.04. The largest absolute Gasteiger partial charge is 0.351 e. The van der Waals surface area contributed by atoms with E-state index in [0.717, 1.165) is 12.8 Å². The van der Waals surface area contributed by atoms with Gasteiger partial charge in [0.15, 0.2) is 0 Å². The minimum Gasteiger partial charge on any atom is -0.351 e. The molecule has 1 aromatic rings. The van der Waals surface area contributed by atoms with Crippen molar-refractivity contribution in [2.75, 3.05) is 6.54 Å². The van der Waals surface area contributed by atoms with E-state index < -0.39 is 9.05 Å². The number of halogens is 2. The summed E-state index contributed by atoms with van der Waals surface area (Å²) in [5.41, 5.74) is 0.283. The average molecular weight is 322 g/mol. The van der Waals surface area contributed by atoms with Gasteiger partial charge >= 0.3 is 0 Å². The fraction of sp³-hybridized carbons (Fsp3) is 0.417. The molecule has 4 nitrogen and oxygen atoms in total. The van der Waals surface area contributed by atoms with Crippen molar-refractivity contribution >= 4 is 37.2 Å². The summed E-state index contributed by atoms with van der Waals surface area (Å²) in [6.45, 7) is 2.63. The van der Waals surface area contributed by atoms with Crippen LogP contribution in [0.15, 0.2) is 23.1 Å². The zero-order valence-electron chi connectivity index (χ0n) is 10.2. The van der Waals surface area contributed by atoms with E-state index in [9.17, 15) is 13.2 Å². The third kappa shape index (κ3) is 3.61. The molecule has 0 heterocycles. The van der Waals surface area contributed by atoms with Gasteiger partial charge < -0.3 is 5.32 Å². The van der Waals surface area contributed by atoms with Crippen molar-refractivity contribution in [3.63, 3.8) is 0 Å². The summed E-state index contributed by atoms with van der Waals surface area (Å²) < 4.78 is 22.5. The van der Waals surface area contributed by atoms with Gasteiger partial charge in [-0.3, -0.25) is 4.79 Å². The second-order valence-electron chi connectivity index (χ2n) is 5.07. The lowest BCUT2D eigenvalue weighted by Gasteiger charge is -2.11. The van der Waals surface area contributed by atoms with Gasteiger partial charge in [-0.25, -0.2) is 8.42 Å². The number of nitrogens with one attached hydrogen (secondary N) is 1. The van der Waals surface area contributed by atoms with E-state index in [2.05, 4.69) is 12.2 Å². The molecule has 1 N–H and O–H groups in total. The lowest BCUT2D eigenvalue weighted by Crippen LogP contribution is -2.29. The third-order valence-electron chi connectivity index (χ3n) is 3.24. The minimum absolute atomic E-state index is 0.118. The summed E-state index contributed by atoms with van der Waals surface area (Å²) in [6, 6.07) is 3.81. The lowest BCUT2D eigenvalue weighted by atomic mass is 10.1. The molecule has 0 unspecified atom stereocenters. The van der Waals surface area contributed by atoms with Crippen LogP contribution in [0.4, 0.5) is 0 Å². The van der Waals surface area contributed by atoms with Crippen LogP contribution < -0.4 is 5.32 Å². The number of benzene rings is 1. The normalized spacial score (nSPS) is 17.0. The van der Waals surface area contributed by atoms with Crippen molar-refractivity contribution < 1.29 is 13.2 Å². The molecule has 0 bridgehead atoms.